The standard InChI is InChI=1S/C12H22N2O4S/c1-8-5-14(6-9(2)18-8)11(15)7-19-4-3-10(13)12(16)17/h8-10H,3-7,13H2,1-2H3,(H,16,17). The SMILES string of the molecule is CC1CN(C(=O)CSCCC(N)C(=O)O)CC(C)O1. The summed E-state index contributed by atoms with van der Waals surface area (Å²) in [6, 6.07) is -0.842. The zero-order chi connectivity index (χ0) is 14.4. The van der Waals surface area contributed by atoms with Gasteiger partial charge in [0.25, 0.3) is 0 Å². The van der Waals surface area contributed by atoms with Crippen molar-refractivity contribution in [1.82, 2.24) is 4.90 Å². The molecule has 3 N–H and O–H groups in total. The van der Waals surface area contributed by atoms with E-state index in [1.54, 1.807) is 0 Å². The van der Waals surface area contributed by atoms with Crippen molar-refractivity contribution < 1.29 is 19.4 Å². The molecule has 0 radical (unpaired) electrons. The Bertz CT molecular complexity index is 317. The van der Waals surface area contributed by atoms with Crippen LogP contribution in [0.4, 0.5) is 0 Å². The van der Waals surface area contributed by atoms with Gasteiger partial charge in [0.05, 0.1) is 18.0 Å². The lowest BCUT2D eigenvalue weighted by molar-refractivity contribution is -0.140. The first-order valence-corrected chi connectivity index (χ1v) is 7.55. The van der Waals surface area contributed by atoms with Gasteiger partial charge in [-0.1, -0.05) is 0 Å². The summed E-state index contributed by atoms with van der Waals surface area (Å²) in [6.07, 6.45) is 0.514. The molecule has 0 spiro atoms. The molecule has 1 fully saturated rings. The lowest BCUT2D eigenvalue weighted by Gasteiger charge is -2.35. The molecule has 0 aromatic carbocycles. The van der Waals surface area contributed by atoms with E-state index in [-0.39, 0.29) is 18.1 Å². The highest BCUT2D eigenvalue weighted by Gasteiger charge is 2.25. The van der Waals surface area contributed by atoms with Crippen molar-refractivity contribution in [2.75, 3.05) is 24.6 Å². The molecule has 1 saturated heterocycles. The molecule has 1 amide bonds. The molecule has 1 rings (SSSR count). The van der Waals surface area contributed by atoms with E-state index < -0.39 is 12.0 Å². The molecule has 0 aromatic rings. The number of nitrogens with two attached hydrogens (primary N) is 1. The Morgan fingerprint density at radius 1 is 1.42 bits per heavy atom. The Hall–Kier alpha value is -0.790. The molecule has 1 aliphatic heterocycles. The summed E-state index contributed by atoms with van der Waals surface area (Å²) in [5.74, 6) is 0.0270. The van der Waals surface area contributed by atoms with Crippen LogP contribution in [0, 0.1) is 0 Å². The summed E-state index contributed by atoms with van der Waals surface area (Å²) >= 11 is 1.43. The van der Waals surface area contributed by atoms with Gasteiger partial charge < -0.3 is 20.5 Å². The van der Waals surface area contributed by atoms with Crippen LogP contribution < -0.4 is 5.73 Å². The van der Waals surface area contributed by atoms with Crippen LogP contribution in [0.1, 0.15) is 20.3 Å². The molecule has 0 aromatic heterocycles. The highest BCUT2D eigenvalue weighted by Crippen LogP contribution is 2.13. The second-order valence-corrected chi connectivity index (χ2v) is 5.95. The van der Waals surface area contributed by atoms with Crippen LogP contribution >= 0.6 is 11.8 Å². The minimum Gasteiger partial charge on any atom is -0.480 e. The fourth-order valence-corrected chi connectivity index (χ4v) is 2.89. The lowest BCUT2D eigenvalue weighted by Crippen LogP contribution is -2.48. The number of carbonyl (C=O) groups is 2. The van der Waals surface area contributed by atoms with E-state index in [9.17, 15) is 9.59 Å². The molecule has 6 nitrogen and oxygen atoms in total. The van der Waals surface area contributed by atoms with Gasteiger partial charge >= 0.3 is 5.97 Å². The van der Waals surface area contributed by atoms with Crippen LogP contribution in [0.2, 0.25) is 0 Å². The van der Waals surface area contributed by atoms with Gasteiger partial charge in [0, 0.05) is 13.1 Å². The van der Waals surface area contributed by atoms with Gasteiger partial charge in [0.1, 0.15) is 6.04 Å². The maximum Gasteiger partial charge on any atom is 0.320 e. The molecule has 0 saturated carbocycles. The Labute approximate surface area is 117 Å². The van der Waals surface area contributed by atoms with Crippen LogP contribution in [0.15, 0.2) is 0 Å². The fourth-order valence-electron chi connectivity index (χ4n) is 1.97. The smallest absolute Gasteiger partial charge is 0.320 e. The average Bonchev–Trinajstić information content (AvgIpc) is 2.32. The zero-order valence-corrected chi connectivity index (χ0v) is 12.2. The number of carbonyl (C=O) groups excluding carboxylic acids is 1. The molecular formula is C12H22N2O4S. The summed E-state index contributed by atoms with van der Waals surface area (Å²) in [6.45, 7) is 5.15. The van der Waals surface area contributed by atoms with Crippen molar-refractivity contribution in [3.63, 3.8) is 0 Å². The predicted molar refractivity (Wildman–Crippen MR) is 74.1 cm³/mol. The summed E-state index contributed by atoms with van der Waals surface area (Å²) in [4.78, 5) is 24.3. The van der Waals surface area contributed by atoms with Gasteiger partial charge in [0.2, 0.25) is 5.91 Å². The third-order valence-corrected chi connectivity index (χ3v) is 3.86. The first-order valence-electron chi connectivity index (χ1n) is 6.39. The molecule has 0 bridgehead atoms. The van der Waals surface area contributed by atoms with Gasteiger partial charge in [-0.2, -0.15) is 11.8 Å². The summed E-state index contributed by atoms with van der Waals surface area (Å²) < 4.78 is 5.57. The summed E-state index contributed by atoms with van der Waals surface area (Å²) in [7, 11) is 0. The summed E-state index contributed by atoms with van der Waals surface area (Å²) in [5.41, 5.74) is 5.39. The number of hydrogen-bond acceptors (Lipinski definition) is 5. The molecule has 1 heterocycles. The van der Waals surface area contributed by atoms with Crippen LogP contribution in [0.5, 0.6) is 0 Å². The first-order chi connectivity index (χ1) is 8.90. The van der Waals surface area contributed by atoms with Crippen molar-refractivity contribution >= 4 is 23.6 Å². The third-order valence-electron chi connectivity index (χ3n) is 2.89. The largest absolute Gasteiger partial charge is 0.480 e. The van der Waals surface area contributed by atoms with Crippen molar-refractivity contribution in [3.05, 3.63) is 0 Å². The van der Waals surface area contributed by atoms with Crippen molar-refractivity contribution in [2.45, 2.75) is 38.5 Å². The Kier molecular flexibility index (Phi) is 6.60. The first kappa shape index (κ1) is 16.3. The maximum atomic E-state index is 12.0. The van der Waals surface area contributed by atoms with Gasteiger partial charge in [0.15, 0.2) is 0 Å². The van der Waals surface area contributed by atoms with Crippen molar-refractivity contribution in [3.8, 4) is 0 Å². The van der Waals surface area contributed by atoms with E-state index in [0.29, 0.717) is 31.0 Å². The lowest BCUT2D eigenvalue weighted by atomic mass is 10.2. The second kappa shape index (κ2) is 7.72. The van der Waals surface area contributed by atoms with E-state index >= 15 is 0 Å². The van der Waals surface area contributed by atoms with E-state index in [4.69, 9.17) is 15.6 Å². The monoisotopic (exact) mass is 290 g/mol. The predicted octanol–water partition coefficient (Wildman–Crippen LogP) is 0.157. The minimum atomic E-state index is -0.997. The summed E-state index contributed by atoms with van der Waals surface area (Å²) in [5, 5.41) is 8.63. The number of carboxylic acids is 1. The number of amides is 1. The van der Waals surface area contributed by atoms with E-state index in [2.05, 4.69) is 0 Å². The van der Waals surface area contributed by atoms with Crippen LogP contribution in [0.25, 0.3) is 0 Å². The van der Waals surface area contributed by atoms with Gasteiger partial charge in [-0.25, -0.2) is 0 Å². The number of thioether (sulfide) groups is 1. The van der Waals surface area contributed by atoms with E-state index in [1.807, 2.05) is 18.7 Å². The molecule has 1 aliphatic rings. The normalized spacial score (nSPS) is 25.1. The van der Waals surface area contributed by atoms with E-state index in [1.165, 1.54) is 11.8 Å². The molecule has 19 heavy (non-hydrogen) atoms. The van der Waals surface area contributed by atoms with Crippen molar-refractivity contribution in [1.29, 1.82) is 0 Å². The molecular weight excluding hydrogens is 268 g/mol. The topological polar surface area (TPSA) is 92.9 Å². The Balaban J connectivity index is 2.22. The number of morpholine rings is 1. The average molecular weight is 290 g/mol. The minimum absolute atomic E-state index is 0.0677. The van der Waals surface area contributed by atoms with Gasteiger partial charge in [-0.3, -0.25) is 9.59 Å². The van der Waals surface area contributed by atoms with Crippen LogP contribution in [-0.4, -0.2) is 64.7 Å². The quantitative estimate of drug-likeness (QED) is 0.677. The fraction of sp³-hybridized carbons (Fsp3) is 0.833. The third kappa shape index (κ3) is 5.80. The highest BCUT2D eigenvalue weighted by atomic mass is 32.2. The van der Waals surface area contributed by atoms with E-state index in [0.717, 1.165) is 0 Å². The number of aliphatic carboxylic acids is 1. The maximum absolute atomic E-state index is 12.0. The van der Waals surface area contributed by atoms with Crippen molar-refractivity contribution in [2.24, 2.45) is 5.73 Å². The Morgan fingerprint density at radius 2 is 2.00 bits per heavy atom. The molecule has 0 aliphatic carbocycles. The second-order valence-electron chi connectivity index (χ2n) is 4.84. The van der Waals surface area contributed by atoms with Gasteiger partial charge in [-0.15, -0.1) is 0 Å². The molecule has 3 atom stereocenters. The molecule has 3 unspecified atom stereocenters. The van der Waals surface area contributed by atoms with Gasteiger partial charge in [-0.05, 0) is 26.0 Å². The number of nitrogens with zero attached hydrogens (tertiary/aromatic N) is 1. The van der Waals surface area contributed by atoms with Crippen LogP contribution in [0.3, 0.4) is 0 Å². The Morgan fingerprint density at radius 3 is 2.53 bits per heavy atom. The highest BCUT2D eigenvalue weighted by molar-refractivity contribution is 7.99. The molecule has 7 heteroatoms. The zero-order valence-electron chi connectivity index (χ0n) is 11.4. The number of hydrogen-bond donors (Lipinski definition) is 2. The van der Waals surface area contributed by atoms with Crippen LogP contribution in [-0.2, 0) is 14.3 Å². The molecule has 110 valence electrons. The number of carboxylic acid groups (broad SMARTS) is 1. The number of ether oxygens (including phenoxy) is 1. The number of rotatable bonds is 6.